The lowest BCUT2D eigenvalue weighted by Gasteiger charge is -2.28. The molecule has 204 valence electrons. The summed E-state index contributed by atoms with van der Waals surface area (Å²) in [6.07, 6.45) is 3.09. The van der Waals surface area contributed by atoms with Crippen LogP contribution in [0.25, 0.3) is 11.1 Å². The lowest BCUT2D eigenvalue weighted by molar-refractivity contribution is -0.118. The first-order valence-corrected chi connectivity index (χ1v) is 13.4. The maximum Gasteiger partial charge on any atom is 0.292 e. The Kier molecular flexibility index (Phi) is 8.26. The minimum atomic E-state index is -1.11. The largest absolute Gasteiger partial charge is 0.489 e. The van der Waals surface area contributed by atoms with Gasteiger partial charge in [0.05, 0.1) is 17.2 Å². The van der Waals surface area contributed by atoms with E-state index in [0.717, 1.165) is 50.9 Å². The first-order chi connectivity index (χ1) is 18.8. The zero-order valence-electron chi connectivity index (χ0n) is 21.2. The summed E-state index contributed by atoms with van der Waals surface area (Å²) in [7, 11) is 0. The van der Waals surface area contributed by atoms with Crippen molar-refractivity contribution in [3.63, 3.8) is 0 Å². The number of rotatable bonds is 10. The maximum atomic E-state index is 14.1. The highest BCUT2D eigenvalue weighted by atomic mass is 35.5. The van der Waals surface area contributed by atoms with Crippen molar-refractivity contribution >= 4 is 23.3 Å². The fourth-order valence-electron chi connectivity index (χ4n) is 4.75. The number of nitrogens with zero attached hydrogens (tertiary/aromatic N) is 1. The van der Waals surface area contributed by atoms with E-state index < -0.39 is 35.5 Å². The highest BCUT2D eigenvalue weighted by Crippen LogP contribution is 2.34. The van der Waals surface area contributed by atoms with Gasteiger partial charge in [0.1, 0.15) is 23.5 Å². The number of Topliss-reactive ketones (excluding diaryl/α,β-unsaturated/α-hetero) is 1. The molecule has 2 fully saturated rings. The number of aliphatic hydroxyl groups excluding tert-OH is 1. The molecule has 2 atom stereocenters. The molecule has 1 aliphatic carbocycles. The van der Waals surface area contributed by atoms with Crippen molar-refractivity contribution in [1.82, 2.24) is 10.2 Å². The normalized spacial score (nSPS) is 17.0. The zero-order valence-corrected chi connectivity index (χ0v) is 22.0. The van der Waals surface area contributed by atoms with Crippen molar-refractivity contribution in [2.24, 2.45) is 0 Å². The Morgan fingerprint density at radius 2 is 1.74 bits per heavy atom. The first-order valence-electron chi connectivity index (χ1n) is 13.1. The fraction of sp³-hybridized carbons (Fsp3) is 0.333. The van der Waals surface area contributed by atoms with Gasteiger partial charge in [0.2, 0.25) is 5.78 Å². The molecule has 1 amide bonds. The van der Waals surface area contributed by atoms with Gasteiger partial charge in [-0.2, -0.15) is 0 Å². The van der Waals surface area contributed by atoms with Gasteiger partial charge in [0.25, 0.3) is 5.91 Å². The summed E-state index contributed by atoms with van der Waals surface area (Å²) in [5.74, 6) is -2.51. The standard InChI is InChI=1S/C30H29ClF2N2O4/c31-24-15-20(7-12-27(24)39-22-9-10-22)28(36)26(17-35-13-1-2-14-35)34-30(38)29(37)19-5-3-18(4-6-19)23-11-8-21(32)16-25(23)33/h3-8,11-12,15-16,22,26,28,36H,1-2,9-10,13-14,17H2,(H,34,38). The Hall–Kier alpha value is -3.33. The number of benzene rings is 3. The first kappa shape index (κ1) is 27.2. The molecule has 5 rings (SSSR count). The second-order valence-electron chi connectivity index (χ2n) is 10.1. The SMILES string of the molecule is O=C(NC(CN1CCCC1)C(O)c1ccc(OC2CC2)c(Cl)c1)C(=O)c1ccc(-c2ccc(F)cc2F)cc1. The molecule has 1 saturated heterocycles. The highest BCUT2D eigenvalue weighted by Gasteiger charge is 2.30. The summed E-state index contributed by atoms with van der Waals surface area (Å²) < 4.78 is 33.2. The van der Waals surface area contributed by atoms with E-state index in [1.165, 1.54) is 30.3 Å². The van der Waals surface area contributed by atoms with E-state index in [1.54, 1.807) is 18.2 Å². The minimum Gasteiger partial charge on any atom is -0.489 e. The zero-order chi connectivity index (χ0) is 27.5. The van der Waals surface area contributed by atoms with Gasteiger partial charge < -0.3 is 20.1 Å². The topological polar surface area (TPSA) is 78.9 Å². The molecular weight excluding hydrogens is 526 g/mol. The summed E-state index contributed by atoms with van der Waals surface area (Å²) in [5, 5.41) is 14.3. The molecule has 39 heavy (non-hydrogen) atoms. The molecule has 3 aromatic rings. The third kappa shape index (κ3) is 6.64. The smallest absolute Gasteiger partial charge is 0.292 e. The number of nitrogens with one attached hydrogen (secondary N) is 1. The minimum absolute atomic E-state index is 0.109. The number of ketones is 1. The molecule has 6 nitrogen and oxygen atoms in total. The molecule has 0 radical (unpaired) electrons. The van der Waals surface area contributed by atoms with E-state index in [2.05, 4.69) is 10.2 Å². The van der Waals surface area contributed by atoms with Crippen LogP contribution >= 0.6 is 11.6 Å². The number of carbonyl (C=O) groups excluding carboxylic acids is 2. The molecule has 1 heterocycles. The number of carbonyl (C=O) groups is 2. The van der Waals surface area contributed by atoms with Crippen molar-refractivity contribution in [2.45, 2.75) is 43.9 Å². The van der Waals surface area contributed by atoms with Crippen LogP contribution in [-0.2, 0) is 4.79 Å². The van der Waals surface area contributed by atoms with E-state index in [4.69, 9.17) is 16.3 Å². The van der Waals surface area contributed by atoms with Crippen LogP contribution in [0.3, 0.4) is 0 Å². The Balaban J connectivity index is 1.30. The van der Waals surface area contributed by atoms with Crippen molar-refractivity contribution in [1.29, 1.82) is 0 Å². The summed E-state index contributed by atoms with van der Waals surface area (Å²) in [6, 6.07) is 13.4. The molecule has 1 aliphatic heterocycles. The van der Waals surface area contributed by atoms with Crippen molar-refractivity contribution in [2.75, 3.05) is 19.6 Å². The lowest BCUT2D eigenvalue weighted by Crippen LogP contribution is -2.48. The van der Waals surface area contributed by atoms with E-state index in [9.17, 15) is 23.5 Å². The van der Waals surface area contributed by atoms with E-state index in [0.29, 0.717) is 28.4 Å². The predicted molar refractivity (Wildman–Crippen MR) is 144 cm³/mol. The molecule has 2 N–H and O–H groups in total. The van der Waals surface area contributed by atoms with Gasteiger partial charge in [-0.25, -0.2) is 8.78 Å². The van der Waals surface area contributed by atoms with Crippen LogP contribution in [0.1, 0.15) is 47.7 Å². The molecule has 0 bridgehead atoms. The Bertz CT molecular complexity index is 1360. The Morgan fingerprint density at radius 3 is 2.38 bits per heavy atom. The monoisotopic (exact) mass is 554 g/mol. The second-order valence-corrected chi connectivity index (χ2v) is 10.5. The number of halogens is 3. The van der Waals surface area contributed by atoms with Gasteiger partial charge in [-0.1, -0.05) is 41.9 Å². The van der Waals surface area contributed by atoms with Crippen molar-refractivity contribution in [3.8, 4) is 16.9 Å². The van der Waals surface area contributed by atoms with Crippen LogP contribution in [0, 0.1) is 11.6 Å². The molecule has 9 heteroatoms. The number of hydrogen-bond acceptors (Lipinski definition) is 5. The number of aliphatic hydroxyl groups is 1. The summed E-state index contributed by atoms with van der Waals surface area (Å²) in [4.78, 5) is 28.1. The Labute approximate surface area is 230 Å². The third-order valence-corrected chi connectivity index (χ3v) is 7.36. The predicted octanol–water partition coefficient (Wildman–Crippen LogP) is 5.32. The van der Waals surface area contributed by atoms with Crippen LogP contribution in [0.4, 0.5) is 8.78 Å². The van der Waals surface area contributed by atoms with E-state index in [-0.39, 0.29) is 17.2 Å². The average Bonchev–Trinajstić information content (AvgIpc) is 3.60. The Morgan fingerprint density at radius 1 is 1.03 bits per heavy atom. The van der Waals surface area contributed by atoms with Gasteiger partial charge >= 0.3 is 0 Å². The summed E-state index contributed by atoms with van der Waals surface area (Å²) in [5.41, 5.74) is 1.24. The lowest BCUT2D eigenvalue weighted by atomic mass is 9.99. The van der Waals surface area contributed by atoms with Crippen molar-refractivity contribution in [3.05, 3.63) is 88.4 Å². The van der Waals surface area contributed by atoms with Crippen LogP contribution in [0.5, 0.6) is 5.75 Å². The third-order valence-electron chi connectivity index (χ3n) is 7.06. The molecule has 1 saturated carbocycles. The van der Waals surface area contributed by atoms with Crippen molar-refractivity contribution < 1.29 is 28.2 Å². The highest BCUT2D eigenvalue weighted by molar-refractivity contribution is 6.42. The second kappa shape index (κ2) is 11.8. The quantitative estimate of drug-likeness (QED) is 0.262. The molecule has 0 spiro atoms. The van der Waals surface area contributed by atoms with E-state index in [1.807, 2.05) is 0 Å². The molecule has 2 aliphatic rings. The molecule has 2 unspecified atom stereocenters. The fourth-order valence-corrected chi connectivity index (χ4v) is 4.99. The number of hydrogen-bond donors (Lipinski definition) is 2. The van der Waals surface area contributed by atoms with Crippen LogP contribution in [-0.4, -0.2) is 53.5 Å². The molecule has 0 aromatic heterocycles. The molecule has 3 aromatic carbocycles. The number of amides is 1. The van der Waals surface area contributed by atoms with Gasteiger partial charge in [-0.15, -0.1) is 0 Å². The van der Waals surface area contributed by atoms with Crippen LogP contribution < -0.4 is 10.1 Å². The van der Waals surface area contributed by atoms with Gasteiger partial charge in [-0.3, -0.25) is 9.59 Å². The van der Waals surface area contributed by atoms with Gasteiger partial charge in [0.15, 0.2) is 0 Å². The number of ether oxygens (including phenoxy) is 1. The number of likely N-dealkylation sites (tertiary alicyclic amines) is 1. The summed E-state index contributed by atoms with van der Waals surface area (Å²) in [6.45, 7) is 2.04. The molecular formula is C30H29ClF2N2O4. The summed E-state index contributed by atoms with van der Waals surface area (Å²) >= 11 is 6.40. The van der Waals surface area contributed by atoms with Gasteiger partial charge in [-0.05, 0) is 74.2 Å². The average molecular weight is 555 g/mol. The maximum absolute atomic E-state index is 14.1. The van der Waals surface area contributed by atoms with Gasteiger partial charge in [0, 0.05) is 23.7 Å². The van der Waals surface area contributed by atoms with Crippen LogP contribution in [0.15, 0.2) is 60.7 Å². The van der Waals surface area contributed by atoms with Crippen LogP contribution in [0.2, 0.25) is 5.02 Å². The van der Waals surface area contributed by atoms with E-state index >= 15 is 0 Å².